The fraction of sp³-hybridized carbons (Fsp3) is 0.0476. The number of nitrogens with zero attached hydrogens (tertiary/aromatic N) is 2. The van der Waals surface area contributed by atoms with Gasteiger partial charge in [-0.2, -0.15) is 0 Å². The smallest absolute Gasteiger partial charge is 0.123 e. The predicted molar refractivity (Wildman–Crippen MR) is 448 cm³/mol. The lowest BCUT2D eigenvalue weighted by atomic mass is 9.67. The Bertz CT molecular complexity index is 6040. The van der Waals surface area contributed by atoms with Crippen LogP contribution in [0.15, 0.2) is 377 Å². The zero-order valence-electron chi connectivity index (χ0n) is 61.3. The molecule has 4 aliphatic carbocycles. The molecule has 1 spiro atoms. The quantitative estimate of drug-likeness (QED) is 0.0800. The summed E-state index contributed by atoms with van der Waals surface area (Å²) in [7, 11) is 0. The molecule has 0 bridgehead atoms. The standard InChI is InChI=1S/C105H70F4N2O2/c1-3-67-21-25-69(26-22-67)65-112-85-53-33-73(34-54-85)103(71-29-37-75(106)38-30-71)95-17-9-5-13-87(95)91-57-49-81(61-99(91)103)110(79-45-41-77(108)42-46-79)83-51-59-93-89-15-7-11-19-97(89)105(101(93)63-83)98-20-12-8-16-90(98)94-60-52-84(64-102(94)105)111(80-47-43-78(109)44-48-80)82-50-58-92-88-14-6-10-18-96(88)104(100(92)62-82,72-31-39-76(107)40-32-72)74-35-55-86(56-36-74)113-66-70-27-23-68(4-2)24-28-70/h3-64H,1-2,65-66H2. The van der Waals surface area contributed by atoms with Crippen LogP contribution < -0.4 is 19.3 Å². The highest BCUT2D eigenvalue weighted by molar-refractivity contribution is 5.99. The van der Waals surface area contributed by atoms with E-state index in [2.05, 4.69) is 217 Å². The van der Waals surface area contributed by atoms with E-state index in [9.17, 15) is 0 Å². The van der Waals surface area contributed by atoms with Crippen molar-refractivity contribution in [3.05, 3.63) is 489 Å². The van der Waals surface area contributed by atoms with Crippen molar-refractivity contribution in [1.82, 2.24) is 0 Å². The van der Waals surface area contributed by atoms with Crippen molar-refractivity contribution in [1.29, 1.82) is 0 Å². The van der Waals surface area contributed by atoms with E-state index in [-0.39, 0.29) is 23.3 Å². The van der Waals surface area contributed by atoms with Crippen LogP contribution in [-0.2, 0) is 29.5 Å². The van der Waals surface area contributed by atoms with Crippen LogP contribution >= 0.6 is 0 Å². The van der Waals surface area contributed by atoms with Crippen LogP contribution in [0.25, 0.3) is 56.7 Å². The first-order valence-electron chi connectivity index (χ1n) is 38.0. The van der Waals surface area contributed by atoms with Crippen molar-refractivity contribution < 1.29 is 27.0 Å². The zero-order valence-corrected chi connectivity index (χ0v) is 61.3. The summed E-state index contributed by atoms with van der Waals surface area (Å²) in [6.07, 6.45) is 3.65. The molecule has 2 atom stereocenters. The van der Waals surface area contributed by atoms with Gasteiger partial charge in [0.1, 0.15) is 48.0 Å². The van der Waals surface area contributed by atoms with Gasteiger partial charge in [0.15, 0.2) is 0 Å². The van der Waals surface area contributed by atoms with E-state index in [1.165, 1.54) is 24.3 Å². The molecule has 0 aromatic heterocycles. The highest BCUT2D eigenvalue weighted by Gasteiger charge is 2.53. The maximum absolute atomic E-state index is 15.6. The second-order valence-corrected chi connectivity index (χ2v) is 29.5. The van der Waals surface area contributed by atoms with Gasteiger partial charge >= 0.3 is 0 Å². The lowest BCUT2D eigenvalue weighted by molar-refractivity contribution is 0.306. The number of fused-ring (bicyclic) bond motifs is 16. The third-order valence-corrected chi connectivity index (χ3v) is 23.7. The van der Waals surface area contributed by atoms with Gasteiger partial charge in [0.25, 0.3) is 0 Å². The molecule has 0 aliphatic heterocycles. The number of benzene rings is 16. The molecular formula is C105H70F4N2O2. The van der Waals surface area contributed by atoms with Crippen LogP contribution in [0.4, 0.5) is 51.7 Å². The third kappa shape index (κ3) is 10.9. The Morgan fingerprint density at radius 2 is 0.478 bits per heavy atom. The van der Waals surface area contributed by atoms with Gasteiger partial charge in [0.2, 0.25) is 0 Å². The van der Waals surface area contributed by atoms with Crippen molar-refractivity contribution in [2.45, 2.75) is 29.5 Å². The molecule has 4 aliphatic rings. The summed E-state index contributed by atoms with van der Waals surface area (Å²) in [6, 6.07) is 121. The minimum atomic E-state index is -0.956. The van der Waals surface area contributed by atoms with Gasteiger partial charge in [-0.05, 0) is 279 Å². The average Bonchev–Trinajstić information content (AvgIpc) is 1.51. The first-order chi connectivity index (χ1) is 55.5. The van der Waals surface area contributed by atoms with Gasteiger partial charge in [-0.25, -0.2) is 17.6 Å². The fourth-order valence-electron chi connectivity index (χ4n) is 18.7. The van der Waals surface area contributed by atoms with E-state index >= 15 is 17.6 Å². The molecule has 0 amide bonds. The van der Waals surface area contributed by atoms with Crippen LogP contribution in [0.5, 0.6) is 11.5 Å². The molecule has 0 saturated heterocycles. The molecule has 113 heavy (non-hydrogen) atoms. The maximum atomic E-state index is 15.6. The first kappa shape index (κ1) is 68.2. The molecule has 2 unspecified atom stereocenters. The van der Waals surface area contributed by atoms with Gasteiger partial charge in [-0.1, -0.05) is 244 Å². The monoisotopic (exact) mass is 1470 g/mol. The normalized spacial score (nSPS) is 16.0. The van der Waals surface area contributed by atoms with Crippen molar-refractivity contribution in [3.63, 3.8) is 0 Å². The third-order valence-electron chi connectivity index (χ3n) is 23.7. The summed E-state index contributed by atoms with van der Waals surface area (Å²) in [4.78, 5) is 4.46. The van der Waals surface area contributed by atoms with E-state index in [4.69, 9.17) is 9.47 Å². The second-order valence-electron chi connectivity index (χ2n) is 29.5. The Kier molecular flexibility index (Phi) is 16.4. The van der Waals surface area contributed by atoms with Gasteiger partial charge in [-0.3, -0.25) is 0 Å². The molecule has 540 valence electrons. The van der Waals surface area contributed by atoms with Gasteiger partial charge in [-0.15, -0.1) is 0 Å². The summed E-state index contributed by atoms with van der Waals surface area (Å²) in [5.41, 5.74) is 26.7. The highest BCUT2D eigenvalue weighted by atomic mass is 19.1. The van der Waals surface area contributed by atoms with Crippen molar-refractivity contribution >= 4 is 46.3 Å². The molecule has 8 heteroatoms. The van der Waals surface area contributed by atoms with Gasteiger partial charge in [0, 0.05) is 34.1 Å². The molecule has 16 aromatic rings. The number of anilines is 6. The number of ether oxygens (including phenoxy) is 2. The summed E-state index contributed by atoms with van der Waals surface area (Å²) in [5.74, 6) is -0.00656. The van der Waals surface area contributed by atoms with Crippen LogP contribution in [0.3, 0.4) is 0 Å². The molecule has 0 fully saturated rings. The summed E-state index contributed by atoms with van der Waals surface area (Å²) < 4.78 is 75.0. The summed E-state index contributed by atoms with van der Waals surface area (Å²) in [6.45, 7) is 8.58. The lowest BCUT2D eigenvalue weighted by Gasteiger charge is -2.35. The molecule has 4 nitrogen and oxygen atoms in total. The number of hydrogen-bond donors (Lipinski definition) is 0. The van der Waals surface area contributed by atoms with Crippen LogP contribution in [0.1, 0.15) is 89.0 Å². The topological polar surface area (TPSA) is 24.9 Å². The van der Waals surface area contributed by atoms with E-state index in [1.807, 2.05) is 133 Å². The molecular weight excluding hydrogens is 1400 g/mol. The minimum Gasteiger partial charge on any atom is -0.489 e. The van der Waals surface area contributed by atoms with Crippen molar-refractivity contribution in [3.8, 4) is 56.0 Å². The van der Waals surface area contributed by atoms with E-state index in [0.717, 1.165) is 168 Å². The Morgan fingerprint density at radius 1 is 0.239 bits per heavy atom. The van der Waals surface area contributed by atoms with Gasteiger partial charge < -0.3 is 19.3 Å². The van der Waals surface area contributed by atoms with E-state index < -0.39 is 16.2 Å². The molecule has 16 aromatic carbocycles. The number of hydrogen-bond acceptors (Lipinski definition) is 4. The first-order valence-corrected chi connectivity index (χ1v) is 38.0. The van der Waals surface area contributed by atoms with E-state index in [1.54, 1.807) is 24.3 Å². The Balaban J connectivity index is 0.749. The van der Waals surface area contributed by atoms with Crippen LogP contribution in [0, 0.1) is 23.3 Å². The molecule has 0 radical (unpaired) electrons. The maximum Gasteiger partial charge on any atom is 0.123 e. The molecule has 20 rings (SSSR count). The number of halogens is 4. The fourth-order valence-corrected chi connectivity index (χ4v) is 18.7. The highest BCUT2D eigenvalue weighted by Crippen LogP contribution is 2.66. The second kappa shape index (κ2) is 27.2. The molecule has 0 N–H and O–H groups in total. The Morgan fingerprint density at radius 3 is 0.770 bits per heavy atom. The van der Waals surface area contributed by atoms with Crippen molar-refractivity contribution in [2.24, 2.45) is 0 Å². The van der Waals surface area contributed by atoms with Crippen LogP contribution in [-0.4, -0.2) is 0 Å². The zero-order chi connectivity index (χ0) is 76.1. The van der Waals surface area contributed by atoms with Crippen LogP contribution in [0.2, 0.25) is 0 Å². The molecule has 0 heterocycles. The van der Waals surface area contributed by atoms with Gasteiger partial charge in [0.05, 0.1) is 16.2 Å². The van der Waals surface area contributed by atoms with E-state index in [0.29, 0.717) is 24.7 Å². The molecule has 0 saturated carbocycles. The minimum absolute atomic E-state index is 0.341. The largest absolute Gasteiger partial charge is 0.489 e. The van der Waals surface area contributed by atoms with Crippen molar-refractivity contribution in [2.75, 3.05) is 9.80 Å². The number of rotatable bonds is 18. The summed E-state index contributed by atoms with van der Waals surface area (Å²) in [5, 5.41) is 0. The Labute approximate surface area is 654 Å². The predicted octanol–water partition coefficient (Wildman–Crippen LogP) is 26.7. The average molecular weight is 1470 g/mol. The lowest BCUT2D eigenvalue weighted by Crippen LogP contribution is -2.29. The Hall–Kier alpha value is -14.1. The summed E-state index contributed by atoms with van der Waals surface area (Å²) >= 11 is 0. The SMILES string of the molecule is C=Cc1ccc(COc2ccc(C3(c4ccc(F)cc4)c4ccccc4-c4ccc(N(c5ccc(F)cc5)c5ccc6c(c5)C5(c7ccccc7-6)c6ccccc6-c6ccc(N(c7ccc(F)cc7)c7ccc8c(c7)C(c7ccc(F)cc7)(c7ccc(OCc9ccc(C=C)cc9)cc7)c7ccccc7-8)cc65)cc43)cc2)cc1.